The molecule has 1 saturated carbocycles. The molecule has 6 nitrogen and oxygen atoms in total. The molecule has 0 aromatic heterocycles. The van der Waals surface area contributed by atoms with Crippen LogP contribution in [0.3, 0.4) is 0 Å². The van der Waals surface area contributed by atoms with Crippen LogP contribution in [0.25, 0.3) is 0 Å². The first-order valence-corrected chi connectivity index (χ1v) is 12.1. The normalized spacial score (nSPS) is 16.0. The third kappa shape index (κ3) is 5.92. The molecule has 1 heterocycles. The molecule has 1 N–H and O–H groups in total. The highest BCUT2D eigenvalue weighted by molar-refractivity contribution is 6.35. The van der Waals surface area contributed by atoms with Gasteiger partial charge in [0.05, 0.1) is 0 Å². The zero-order chi connectivity index (χ0) is 23.4. The minimum Gasteiger partial charge on any atom is -0.454 e. The van der Waals surface area contributed by atoms with Crippen molar-refractivity contribution in [2.75, 3.05) is 6.79 Å². The molecule has 0 radical (unpaired) electrons. The maximum absolute atomic E-state index is 13.3. The van der Waals surface area contributed by atoms with E-state index in [1.54, 1.807) is 30.0 Å². The van der Waals surface area contributed by atoms with Gasteiger partial charge in [0.25, 0.3) is 0 Å². The van der Waals surface area contributed by atoms with E-state index in [-0.39, 0.29) is 37.6 Å². The molecule has 8 heteroatoms. The number of hydrogen-bond donors (Lipinski definition) is 1. The number of rotatable bonds is 8. The first-order chi connectivity index (χ1) is 15.9. The Labute approximate surface area is 204 Å². The van der Waals surface area contributed by atoms with Gasteiger partial charge in [-0.2, -0.15) is 0 Å². The second-order valence-electron chi connectivity index (χ2n) is 8.61. The molecule has 1 unspecified atom stereocenters. The van der Waals surface area contributed by atoms with Crippen molar-refractivity contribution < 1.29 is 19.1 Å². The molecular weight excluding hydrogens is 463 g/mol. The summed E-state index contributed by atoms with van der Waals surface area (Å²) in [6, 6.07) is 10.4. The molecule has 33 heavy (non-hydrogen) atoms. The van der Waals surface area contributed by atoms with Crippen molar-refractivity contribution in [2.24, 2.45) is 0 Å². The average molecular weight is 491 g/mol. The summed E-state index contributed by atoms with van der Waals surface area (Å²) in [5, 5.41) is 4.10. The molecule has 0 saturated heterocycles. The molecule has 0 spiro atoms. The van der Waals surface area contributed by atoms with Crippen molar-refractivity contribution in [1.82, 2.24) is 10.2 Å². The van der Waals surface area contributed by atoms with Gasteiger partial charge in [-0.15, -0.1) is 0 Å². The number of benzene rings is 2. The van der Waals surface area contributed by atoms with Gasteiger partial charge in [-0.25, -0.2) is 0 Å². The Hall–Kier alpha value is -2.44. The zero-order valence-corrected chi connectivity index (χ0v) is 20.1. The summed E-state index contributed by atoms with van der Waals surface area (Å²) in [5.74, 6) is 1.14. The van der Waals surface area contributed by atoms with Crippen LogP contribution in [0.5, 0.6) is 11.5 Å². The molecule has 0 bridgehead atoms. The first-order valence-electron chi connectivity index (χ1n) is 11.3. The van der Waals surface area contributed by atoms with Gasteiger partial charge in [0.1, 0.15) is 6.04 Å². The largest absolute Gasteiger partial charge is 0.454 e. The standard InChI is InChI=1S/C25H28Cl2N2O4/c1-16(25(31)28-20-4-2-3-5-20)29(14-18-8-9-19(26)13-21(18)27)24(30)11-7-17-6-10-22-23(12-17)33-15-32-22/h6,8-10,12-13,16,20H,2-5,7,11,14-15H2,1H3,(H,28,31). The fourth-order valence-electron chi connectivity index (χ4n) is 4.30. The van der Waals surface area contributed by atoms with E-state index in [0.29, 0.717) is 28.0 Å². The topological polar surface area (TPSA) is 67.9 Å². The summed E-state index contributed by atoms with van der Waals surface area (Å²) in [6.45, 7) is 2.21. The number of ether oxygens (including phenoxy) is 2. The highest BCUT2D eigenvalue weighted by Gasteiger charge is 2.29. The van der Waals surface area contributed by atoms with Crippen molar-refractivity contribution in [2.45, 2.75) is 64.1 Å². The maximum Gasteiger partial charge on any atom is 0.242 e. The number of carbonyl (C=O) groups excluding carboxylic acids is 2. The summed E-state index contributed by atoms with van der Waals surface area (Å²) in [6.07, 6.45) is 5.00. The van der Waals surface area contributed by atoms with E-state index >= 15 is 0 Å². The van der Waals surface area contributed by atoms with Crippen molar-refractivity contribution in [3.63, 3.8) is 0 Å². The maximum atomic E-state index is 13.3. The Kier molecular flexibility index (Phi) is 7.66. The Bertz CT molecular complexity index is 1020. The molecule has 176 valence electrons. The van der Waals surface area contributed by atoms with Gasteiger partial charge in [-0.1, -0.05) is 48.2 Å². The van der Waals surface area contributed by atoms with E-state index < -0.39 is 6.04 Å². The summed E-state index contributed by atoms with van der Waals surface area (Å²) >= 11 is 12.4. The SMILES string of the molecule is CC(C(=O)NC1CCCC1)N(Cc1ccc(Cl)cc1Cl)C(=O)CCc1ccc2c(c1)OCO2. The Balaban J connectivity index is 1.47. The summed E-state index contributed by atoms with van der Waals surface area (Å²) in [4.78, 5) is 27.9. The second kappa shape index (κ2) is 10.7. The van der Waals surface area contributed by atoms with Crippen LogP contribution in [0.2, 0.25) is 10.0 Å². The molecule has 4 rings (SSSR count). The van der Waals surface area contributed by atoms with E-state index in [4.69, 9.17) is 32.7 Å². The third-order valence-corrected chi connectivity index (χ3v) is 6.88. The molecular formula is C25H28Cl2N2O4. The van der Waals surface area contributed by atoms with Gasteiger partial charge < -0.3 is 19.7 Å². The van der Waals surface area contributed by atoms with Crippen LogP contribution in [-0.4, -0.2) is 35.6 Å². The Morgan fingerprint density at radius 1 is 1.09 bits per heavy atom. The molecule has 1 aliphatic carbocycles. The highest BCUT2D eigenvalue weighted by atomic mass is 35.5. The number of fused-ring (bicyclic) bond motifs is 1. The van der Waals surface area contributed by atoms with Crippen LogP contribution < -0.4 is 14.8 Å². The van der Waals surface area contributed by atoms with E-state index in [1.807, 2.05) is 18.2 Å². The van der Waals surface area contributed by atoms with Gasteiger partial charge >= 0.3 is 0 Å². The van der Waals surface area contributed by atoms with Crippen molar-refractivity contribution in [3.8, 4) is 11.5 Å². The highest BCUT2D eigenvalue weighted by Crippen LogP contribution is 2.33. The van der Waals surface area contributed by atoms with Gasteiger partial charge in [-0.05, 0) is 61.6 Å². The number of halogens is 2. The molecule has 1 aliphatic heterocycles. The van der Waals surface area contributed by atoms with Gasteiger partial charge in [-0.3, -0.25) is 9.59 Å². The van der Waals surface area contributed by atoms with Crippen molar-refractivity contribution >= 4 is 35.0 Å². The number of nitrogens with one attached hydrogen (secondary N) is 1. The number of nitrogens with zero attached hydrogens (tertiary/aromatic N) is 1. The smallest absolute Gasteiger partial charge is 0.242 e. The van der Waals surface area contributed by atoms with Crippen LogP contribution in [0.15, 0.2) is 36.4 Å². The number of hydrogen-bond acceptors (Lipinski definition) is 4. The van der Waals surface area contributed by atoms with Crippen LogP contribution >= 0.6 is 23.2 Å². The molecule has 2 aliphatic rings. The molecule has 2 aromatic rings. The molecule has 1 fully saturated rings. The number of carbonyl (C=O) groups is 2. The first kappa shape index (κ1) is 23.7. The zero-order valence-electron chi connectivity index (χ0n) is 18.6. The Morgan fingerprint density at radius 3 is 2.61 bits per heavy atom. The fraction of sp³-hybridized carbons (Fsp3) is 0.440. The van der Waals surface area contributed by atoms with Crippen molar-refractivity contribution in [3.05, 3.63) is 57.6 Å². The summed E-state index contributed by atoms with van der Waals surface area (Å²) < 4.78 is 10.8. The van der Waals surface area contributed by atoms with Crippen LogP contribution in [-0.2, 0) is 22.6 Å². The minimum absolute atomic E-state index is 0.118. The number of aryl methyl sites for hydroxylation is 1. The van der Waals surface area contributed by atoms with E-state index in [2.05, 4.69) is 5.32 Å². The minimum atomic E-state index is -0.624. The Morgan fingerprint density at radius 2 is 1.85 bits per heavy atom. The van der Waals surface area contributed by atoms with Crippen LogP contribution in [0, 0.1) is 0 Å². The van der Waals surface area contributed by atoms with Crippen LogP contribution in [0.1, 0.15) is 50.2 Å². The van der Waals surface area contributed by atoms with Gasteiger partial charge in [0.15, 0.2) is 11.5 Å². The van der Waals surface area contributed by atoms with E-state index in [9.17, 15) is 9.59 Å². The lowest BCUT2D eigenvalue weighted by Gasteiger charge is -2.30. The lowest BCUT2D eigenvalue weighted by molar-refractivity contribution is -0.140. The average Bonchev–Trinajstić information content (AvgIpc) is 3.48. The quantitative estimate of drug-likeness (QED) is 0.556. The fourth-order valence-corrected chi connectivity index (χ4v) is 4.77. The second-order valence-corrected chi connectivity index (χ2v) is 9.45. The monoisotopic (exact) mass is 490 g/mol. The van der Waals surface area contributed by atoms with E-state index in [1.165, 1.54) is 0 Å². The lowest BCUT2D eigenvalue weighted by atomic mass is 10.1. The lowest BCUT2D eigenvalue weighted by Crippen LogP contribution is -2.49. The van der Waals surface area contributed by atoms with E-state index in [0.717, 1.165) is 36.8 Å². The third-order valence-electron chi connectivity index (χ3n) is 6.29. The van der Waals surface area contributed by atoms with Gasteiger partial charge in [0, 0.05) is 29.1 Å². The molecule has 2 amide bonds. The molecule has 2 aromatic carbocycles. The number of amides is 2. The summed E-state index contributed by atoms with van der Waals surface area (Å²) in [7, 11) is 0. The van der Waals surface area contributed by atoms with Gasteiger partial charge in [0.2, 0.25) is 18.6 Å². The van der Waals surface area contributed by atoms with Crippen LogP contribution in [0.4, 0.5) is 0 Å². The predicted molar refractivity (Wildman–Crippen MR) is 128 cm³/mol. The molecule has 1 atom stereocenters. The van der Waals surface area contributed by atoms with Crippen molar-refractivity contribution in [1.29, 1.82) is 0 Å². The predicted octanol–water partition coefficient (Wildman–Crippen LogP) is 5.13. The summed E-state index contributed by atoms with van der Waals surface area (Å²) in [5.41, 5.74) is 1.72.